The number of fused-ring (bicyclic) bond motifs is 2. The highest BCUT2D eigenvalue weighted by atomic mass is 32.3. The monoisotopic (exact) mass is 594 g/mol. The number of rotatable bonds is 6. The fraction of sp³-hybridized carbons (Fsp3) is 0.103. The predicted octanol–water partition coefficient (Wildman–Crippen LogP) is 8.52. The average molecular weight is 595 g/mol. The Hall–Kier alpha value is -4.32. The van der Waals surface area contributed by atoms with Gasteiger partial charge in [0.25, 0.3) is 0 Å². The van der Waals surface area contributed by atoms with Crippen molar-refractivity contribution in [2.75, 3.05) is 0 Å². The van der Waals surface area contributed by atoms with Gasteiger partial charge in [0.15, 0.2) is 0 Å². The van der Waals surface area contributed by atoms with Crippen molar-refractivity contribution in [3.05, 3.63) is 113 Å². The Morgan fingerprint density at radius 3 is 1.71 bits per heavy atom. The van der Waals surface area contributed by atoms with Crippen LogP contribution in [0.5, 0.6) is 0 Å². The van der Waals surface area contributed by atoms with Gasteiger partial charge in [0.2, 0.25) is 5.43 Å². The molecule has 4 aromatic carbocycles. The topological polar surface area (TPSA) is 56.5 Å². The molecule has 0 atom stereocenters. The Kier molecular flexibility index (Phi) is 6.85. The lowest BCUT2D eigenvalue weighted by atomic mass is 10.1. The molecule has 0 bridgehead atoms. The lowest BCUT2D eigenvalue weighted by Gasteiger charge is -2.41. The lowest BCUT2D eigenvalue weighted by molar-refractivity contribution is -0.346. The SMILES string of the molecule is O=C(OS(c1ccccc1)(c1ccccc1)c1ccc2oc3ccccc3c(=O)c2c1)C(F)(F)C(F)(F)C(F)(F)F. The molecule has 41 heavy (non-hydrogen) atoms. The van der Waals surface area contributed by atoms with Crippen LogP contribution >= 0.6 is 10.3 Å². The minimum Gasteiger partial charge on any atom is -0.456 e. The van der Waals surface area contributed by atoms with Gasteiger partial charge >= 0.3 is 24.0 Å². The van der Waals surface area contributed by atoms with Gasteiger partial charge < -0.3 is 8.60 Å². The Morgan fingerprint density at radius 1 is 0.634 bits per heavy atom. The summed E-state index contributed by atoms with van der Waals surface area (Å²) in [4.78, 5) is 26.1. The third-order valence-electron chi connectivity index (χ3n) is 6.24. The van der Waals surface area contributed by atoms with Gasteiger partial charge in [0.05, 0.1) is 10.8 Å². The zero-order chi connectivity index (χ0) is 29.6. The van der Waals surface area contributed by atoms with E-state index in [9.17, 15) is 40.3 Å². The molecule has 0 aliphatic heterocycles. The van der Waals surface area contributed by atoms with E-state index < -0.39 is 39.7 Å². The molecule has 0 saturated heterocycles. The first-order valence-electron chi connectivity index (χ1n) is 11.8. The van der Waals surface area contributed by atoms with Crippen molar-refractivity contribution in [2.24, 2.45) is 0 Å². The third kappa shape index (κ3) is 4.51. The molecule has 1 aromatic heterocycles. The van der Waals surface area contributed by atoms with Crippen LogP contribution in [0.25, 0.3) is 21.9 Å². The van der Waals surface area contributed by atoms with Crippen LogP contribution in [-0.2, 0) is 8.98 Å². The maximum absolute atomic E-state index is 14.7. The van der Waals surface area contributed by atoms with Crippen LogP contribution in [0.1, 0.15) is 0 Å². The molecular formula is C29H17F7O4S. The van der Waals surface area contributed by atoms with Gasteiger partial charge in [-0.3, -0.25) is 4.79 Å². The van der Waals surface area contributed by atoms with Crippen molar-refractivity contribution < 1.29 is 44.1 Å². The first-order chi connectivity index (χ1) is 19.3. The average Bonchev–Trinajstić information content (AvgIpc) is 2.96. The van der Waals surface area contributed by atoms with Crippen molar-refractivity contribution in [1.82, 2.24) is 0 Å². The zero-order valence-corrected chi connectivity index (χ0v) is 21.3. The molecule has 5 aromatic rings. The summed E-state index contributed by atoms with van der Waals surface area (Å²) < 4.78 is 107. The molecule has 0 radical (unpaired) electrons. The molecule has 0 fully saturated rings. The Morgan fingerprint density at radius 2 is 1.15 bits per heavy atom. The summed E-state index contributed by atoms with van der Waals surface area (Å²) >= 11 is 0. The zero-order valence-electron chi connectivity index (χ0n) is 20.5. The van der Waals surface area contributed by atoms with Gasteiger partial charge in [-0.1, -0.05) is 48.5 Å². The smallest absolute Gasteiger partial charge is 0.456 e. The molecule has 0 aliphatic rings. The fourth-order valence-corrected chi connectivity index (χ4v) is 7.27. The van der Waals surface area contributed by atoms with E-state index in [0.717, 1.165) is 0 Å². The van der Waals surface area contributed by atoms with E-state index in [1.165, 1.54) is 84.9 Å². The van der Waals surface area contributed by atoms with Crippen LogP contribution in [-0.4, -0.2) is 24.0 Å². The highest BCUT2D eigenvalue weighted by molar-refractivity contribution is 8.30. The summed E-state index contributed by atoms with van der Waals surface area (Å²) in [5, 5.41) is 0.110. The van der Waals surface area contributed by atoms with E-state index in [1.807, 2.05) is 0 Å². The molecule has 0 amide bonds. The summed E-state index contributed by atoms with van der Waals surface area (Å²) in [6.45, 7) is 0. The Labute approximate surface area is 228 Å². The van der Waals surface area contributed by atoms with Gasteiger partial charge in [0.1, 0.15) is 11.2 Å². The number of hydrogen-bond donors (Lipinski definition) is 0. The molecule has 1 heterocycles. The van der Waals surface area contributed by atoms with Gasteiger partial charge in [-0.25, -0.2) is 4.79 Å². The van der Waals surface area contributed by atoms with Crippen LogP contribution in [0.15, 0.2) is 127 Å². The molecule has 0 aliphatic carbocycles. The minimum absolute atomic E-state index is 0.00945. The Balaban J connectivity index is 1.82. The van der Waals surface area contributed by atoms with Crippen molar-refractivity contribution >= 4 is 38.2 Å². The second-order valence-corrected chi connectivity index (χ2v) is 11.5. The largest absolute Gasteiger partial charge is 0.460 e. The number of para-hydroxylation sites is 1. The van der Waals surface area contributed by atoms with Crippen LogP contribution in [0.3, 0.4) is 0 Å². The predicted molar refractivity (Wildman–Crippen MR) is 137 cm³/mol. The highest BCUT2D eigenvalue weighted by Gasteiger charge is 2.77. The number of alkyl halides is 7. The number of benzene rings is 4. The molecular weight excluding hydrogens is 577 g/mol. The second-order valence-electron chi connectivity index (χ2n) is 8.78. The molecule has 4 nitrogen and oxygen atoms in total. The van der Waals surface area contributed by atoms with Gasteiger partial charge in [0, 0.05) is 14.7 Å². The first-order valence-corrected chi connectivity index (χ1v) is 13.3. The maximum Gasteiger partial charge on any atom is 0.460 e. The normalized spacial score (nSPS) is 13.3. The third-order valence-corrected chi connectivity index (χ3v) is 9.43. The van der Waals surface area contributed by atoms with Crippen molar-refractivity contribution in [1.29, 1.82) is 0 Å². The number of hydrogen-bond acceptors (Lipinski definition) is 4. The van der Waals surface area contributed by atoms with Crippen LogP contribution in [0, 0.1) is 0 Å². The molecule has 0 saturated carbocycles. The van der Waals surface area contributed by atoms with E-state index in [1.54, 1.807) is 18.2 Å². The number of carbonyl (C=O) groups excluding carboxylic acids is 1. The number of carbonyl (C=O) groups is 1. The lowest BCUT2D eigenvalue weighted by Crippen LogP contribution is -2.56. The van der Waals surface area contributed by atoms with Crippen molar-refractivity contribution in [3.8, 4) is 0 Å². The van der Waals surface area contributed by atoms with E-state index >= 15 is 0 Å². The van der Waals surface area contributed by atoms with Gasteiger partial charge in [-0.15, -0.1) is 0 Å². The Bertz CT molecular complexity index is 1760. The van der Waals surface area contributed by atoms with E-state index in [-0.39, 0.29) is 36.6 Å². The quantitative estimate of drug-likeness (QED) is 0.146. The standard InChI is InChI=1S/C29H17F7O4S/c30-27(31,28(32,33)29(34,35)36)26(38)40-41(18-9-3-1-4-10-18,19-11-5-2-6-12-19)20-15-16-24-22(17-20)25(37)21-13-7-8-14-23(21)39-24/h1-17H. The van der Waals surface area contributed by atoms with Crippen LogP contribution in [0.2, 0.25) is 0 Å². The van der Waals surface area contributed by atoms with Crippen LogP contribution < -0.4 is 5.43 Å². The minimum atomic E-state index is -6.75. The van der Waals surface area contributed by atoms with E-state index in [4.69, 9.17) is 8.60 Å². The van der Waals surface area contributed by atoms with Crippen molar-refractivity contribution in [3.63, 3.8) is 0 Å². The maximum atomic E-state index is 14.7. The summed E-state index contributed by atoms with van der Waals surface area (Å²) in [5.74, 6) is -16.1. The van der Waals surface area contributed by atoms with Crippen molar-refractivity contribution in [2.45, 2.75) is 32.7 Å². The van der Waals surface area contributed by atoms with Crippen LogP contribution in [0.4, 0.5) is 30.7 Å². The van der Waals surface area contributed by atoms with Gasteiger partial charge in [-0.05, 0) is 64.9 Å². The fourth-order valence-electron chi connectivity index (χ4n) is 4.21. The molecule has 212 valence electrons. The summed E-state index contributed by atoms with van der Waals surface area (Å²) in [5.41, 5.74) is -0.201. The molecule has 0 N–H and O–H groups in total. The molecule has 0 spiro atoms. The highest BCUT2D eigenvalue weighted by Crippen LogP contribution is 2.70. The summed E-state index contributed by atoms with van der Waals surface area (Å²) in [6.07, 6.45) is -6.75. The number of halogens is 7. The summed E-state index contributed by atoms with van der Waals surface area (Å²) in [6, 6.07) is 24.3. The second kappa shape index (κ2) is 9.95. The van der Waals surface area contributed by atoms with Gasteiger partial charge in [-0.2, -0.15) is 30.7 Å². The van der Waals surface area contributed by atoms with E-state index in [0.29, 0.717) is 0 Å². The summed E-state index contributed by atoms with van der Waals surface area (Å²) in [7, 11) is -3.79. The molecule has 0 unspecified atom stereocenters. The van der Waals surface area contributed by atoms with E-state index in [2.05, 4.69) is 0 Å². The molecule has 12 heteroatoms. The molecule has 5 rings (SSSR count). The first kappa shape index (κ1) is 28.2.